The van der Waals surface area contributed by atoms with E-state index in [-0.39, 0.29) is 6.61 Å². The van der Waals surface area contributed by atoms with Crippen molar-refractivity contribution >= 4 is 11.3 Å². The largest absolute Gasteiger partial charge is 0.486 e. The highest BCUT2D eigenvalue weighted by molar-refractivity contribution is 7.11. The summed E-state index contributed by atoms with van der Waals surface area (Å²) >= 11 is 1.65. The normalized spacial score (nSPS) is 10.5. The van der Waals surface area contributed by atoms with Crippen molar-refractivity contribution in [2.75, 3.05) is 0 Å². The molecule has 0 radical (unpaired) electrons. The number of nitrogens with zero attached hydrogens (tertiary/aromatic N) is 1. The van der Waals surface area contributed by atoms with Gasteiger partial charge in [0.1, 0.15) is 17.4 Å². The average molecular weight is 249 g/mol. The molecule has 2 rings (SSSR count). The summed E-state index contributed by atoms with van der Waals surface area (Å²) in [5.41, 5.74) is 1.86. The van der Waals surface area contributed by atoms with Crippen LogP contribution in [-0.2, 0) is 13.2 Å². The monoisotopic (exact) mass is 249 g/mol. The number of para-hydroxylation sites is 1. The maximum atomic E-state index is 9.17. The number of aliphatic hydroxyl groups is 1. The summed E-state index contributed by atoms with van der Waals surface area (Å²) < 4.78 is 5.67. The van der Waals surface area contributed by atoms with Crippen LogP contribution >= 0.6 is 11.3 Å². The maximum Gasteiger partial charge on any atom is 0.140 e. The highest BCUT2D eigenvalue weighted by Gasteiger charge is 2.06. The summed E-state index contributed by atoms with van der Waals surface area (Å²) in [7, 11) is 0. The van der Waals surface area contributed by atoms with Crippen LogP contribution in [0.15, 0.2) is 24.3 Å². The van der Waals surface area contributed by atoms with Gasteiger partial charge < -0.3 is 9.84 Å². The van der Waals surface area contributed by atoms with Crippen LogP contribution in [0.25, 0.3) is 0 Å². The quantitative estimate of drug-likeness (QED) is 0.906. The lowest BCUT2D eigenvalue weighted by molar-refractivity contribution is 0.259. The van der Waals surface area contributed by atoms with Crippen LogP contribution in [0.4, 0.5) is 0 Å². The second kappa shape index (κ2) is 5.29. The summed E-state index contributed by atoms with van der Waals surface area (Å²) in [5.74, 6) is 0.723. The Morgan fingerprint density at radius 2 is 2.06 bits per heavy atom. The first kappa shape index (κ1) is 12.1. The third kappa shape index (κ3) is 2.84. The van der Waals surface area contributed by atoms with Gasteiger partial charge in [0, 0.05) is 10.4 Å². The lowest BCUT2D eigenvalue weighted by Gasteiger charge is -2.07. The molecule has 4 heteroatoms. The fraction of sp³-hybridized carbons (Fsp3) is 0.308. The molecule has 0 aliphatic rings. The van der Waals surface area contributed by atoms with Gasteiger partial charge in [-0.25, -0.2) is 4.98 Å². The molecule has 0 amide bonds. The van der Waals surface area contributed by atoms with Gasteiger partial charge in [0.15, 0.2) is 0 Å². The van der Waals surface area contributed by atoms with Gasteiger partial charge in [-0.05, 0) is 19.9 Å². The number of aryl methyl sites for hydroxylation is 2. The van der Waals surface area contributed by atoms with E-state index >= 15 is 0 Å². The molecule has 0 saturated carbocycles. The Morgan fingerprint density at radius 3 is 2.71 bits per heavy atom. The first-order valence-corrected chi connectivity index (χ1v) is 6.27. The summed E-state index contributed by atoms with van der Waals surface area (Å²) in [5, 5.41) is 10.1. The number of hydrogen-bond acceptors (Lipinski definition) is 4. The lowest BCUT2D eigenvalue weighted by Crippen LogP contribution is -1.98. The standard InChI is InChI=1S/C13H15NO2S/c1-9-10(2)17-13(14-9)8-16-12-6-4-3-5-11(12)7-15/h3-6,15H,7-8H2,1-2H3. The highest BCUT2D eigenvalue weighted by Crippen LogP contribution is 2.21. The maximum absolute atomic E-state index is 9.17. The molecule has 1 N–H and O–H groups in total. The first-order chi connectivity index (χ1) is 8.20. The molecule has 0 saturated heterocycles. The number of aliphatic hydroxyl groups excluding tert-OH is 1. The molecule has 1 aromatic carbocycles. The van der Waals surface area contributed by atoms with Gasteiger partial charge in [0.05, 0.1) is 12.3 Å². The smallest absolute Gasteiger partial charge is 0.140 e. The van der Waals surface area contributed by atoms with E-state index in [9.17, 15) is 5.11 Å². The van der Waals surface area contributed by atoms with Gasteiger partial charge in [0.2, 0.25) is 0 Å². The molecule has 1 heterocycles. The van der Waals surface area contributed by atoms with E-state index in [4.69, 9.17) is 4.74 Å². The fourth-order valence-electron chi connectivity index (χ4n) is 1.52. The van der Waals surface area contributed by atoms with E-state index in [0.717, 1.165) is 22.0 Å². The molecule has 2 aromatic rings. The minimum Gasteiger partial charge on any atom is -0.486 e. The zero-order valence-corrected chi connectivity index (χ0v) is 10.8. The third-order valence-electron chi connectivity index (χ3n) is 2.57. The molecular weight excluding hydrogens is 234 g/mol. The number of ether oxygens (including phenoxy) is 1. The summed E-state index contributed by atoms with van der Waals surface area (Å²) in [4.78, 5) is 5.63. The van der Waals surface area contributed by atoms with Crippen molar-refractivity contribution in [3.8, 4) is 5.75 Å². The van der Waals surface area contributed by atoms with Crippen molar-refractivity contribution in [2.45, 2.75) is 27.1 Å². The molecule has 0 bridgehead atoms. The van der Waals surface area contributed by atoms with Crippen molar-refractivity contribution in [3.05, 3.63) is 45.4 Å². The molecule has 0 fully saturated rings. The predicted molar refractivity (Wildman–Crippen MR) is 68.3 cm³/mol. The van der Waals surface area contributed by atoms with E-state index < -0.39 is 0 Å². The van der Waals surface area contributed by atoms with Crippen LogP contribution in [-0.4, -0.2) is 10.1 Å². The Labute approximate surface area is 105 Å². The van der Waals surface area contributed by atoms with E-state index in [1.54, 1.807) is 11.3 Å². The number of hydrogen-bond donors (Lipinski definition) is 1. The molecule has 0 aliphatic heterocycles. The summed E-state index contributed by atoms with van der Waals surface area (Å²) in [6.45, 7) is 4.50. The zero-order chi connectivity index (χ0) is 12.3. The molecule has 0 spiro atoms. The molecule has 0 aliphatic carbocycles. The SMILES string of the molecule is Cc1nc(COc2ccccc2CO)sc1C. The molecular formula is C13H15NO2S. The van der Waals surface area contributed by atoms with Crippen molar-refractivity contribution < 1.29 is 9.84 Å². The van der Waals surface area contributed by atoms with Gasteiger partial charge >= 0.3 is 0 Å². The van der Waals surface area contributed by atoms with Gasteiger partial charge in [-0.15, -0.1) is 11.3 Å². The molecule has 0 unspecified atom stereocenters. The minimum absolute atomic E-state index is 0.00784. The molecule has 1 aromatic heterocycles. The topological polar surface area (TPSA) is 42.4 Å². The molecule has 0 atom stereocenters. The van der Waals surface area contributed by atoms with Gasteiger partial charge in [-0.3, -0.25) is 0 Å². The van der Waals surface area contributed by atoms with Crippen LogP contribution in [0, 0.1) is 13.8 Å². The van der Waals surface area contributed by atoms with Crippen LogP contribution in [0.3, 0.4) is 0 Å². The Hall–Kier alpha value is -1.39. The van der Waals surface area contributed by atoms with Crippen molar-refractivity contribution in [2.24, 2.45) is 0 Å². The predicted octanol–water partition coefficient (Wildman–Crippen LogP) is 2.83. The number of aromatic nitrogens is 1. The van der Waals surface area contributed by atoms with Crippen molar-refractivity contribution in [3.63, 3.8) is 0 Å². The minimum atomic E-state index is -0.00784. The van der Waals surface area contributed by atoms with E-state index in [2.05, 4.69) is 11.9 Å². The first-order valence-electron chi connectivity index (χ1n) is 5.45. The third-order valence-corrected chi connectivity index (χ3v) is 3.61. The zero-order valence-electron chi connectivity index (χ0n) is 9.93. The second-order valence-electron chi connectivity index (χ2n) is 3.80. The highest BCUT2D eigenvalue weighted by atomic mass is 32.1. The van der Waals surface area contributed by atoms with Gasteiger partial charge in [-0.2, -0.15) is 0 Å². The number of thiazole rings is 1. The van der Waals surface area contributed by atoms with E-state index in [1.807, 2.05) is 31.2 Å². The summed E-state index contributed by atoms with van der Waals surface area (Å²) in [6, 6.07) is 7.50. The van der Waals surface area contributed by atoms with Crippen LogP contribution in [0.1, 0.15) is 21.1 Å². The second-order valence-corrected chi connectivity index (χ2v) is 5.09. The molecule has 3 nitrogen and oxygen atoms in total. The fourth-order valence-corrected chi connectivity index (χ4v) is 2.36. The van der Waals surface area contributed by atoms with E-state index in [0.29, 0.717) is 6.61 Å². The van der Waals surface area contributed by atoms with Crippen molar-refractivity contribution in [1.29, 1.82) is 0 Å². The number of benzene rings is 1. The van der Waals surface area contributed by atoms with Gasteiger partial charge in [-0.1, -0.05) is 18.2 Å². The molecule has 17 heavy (non-hydrogen) atoms. The molecule has 90 valence electrons. The van der Waals surface area contributed by atoms with E-state index in [1.165, 1.54) is 4.88 Å². The number of rotatable bonds is 4. The Morgan fingerprint density at radius 1 is 1.29 bits per heavy atom. The van der Waals surface area contributed by atoms with Crippen LogP contribution < -0.4 is 4.74 Å². The lowest BCUT2D eigenvalue weighted by atomic mass is 10.2. The average Bonchev–Trinajstić information content (AvgIpc) is 2.66. The Kier molecular flexibility index (Phi) is 3.76. The van der Waals surface area contributed by atoms with Crippen LogP contribution in [0.2, 0.25) is 0 Å². The summed E-state index contributed by atoms with van der Waals surface area (Å²) in [6.07, 6.45) is 0. The Bertz CT molecular complexity index is 488. The van der Waals surface area contributed by atoms with Crippen LogP contribution in [0.5, 0.6) is 5.75 Å². The van der Waals surface area contributed by atoms with Gasteiger partial charge in [0.25, 0.3) is 0 Å². The van der Waals surface area contributed by atoms with Crippen molar-refractivity contribution in [1.82, 2.24) is 4.98 Å². The Balaban J connectivity index is 2.07.